The first-order valence-electron chi connectivity index (χ1n) is 5.60. The van der Waals surface area contributed by atoms with Crippen LogP contribution in [0.3, 0.4) is 0 Å². The minimum absolute atomic E-state index is 0.177. The zero-order valence-electron chi connectivity index (χ0n) is 10.3. The van der Waals surface area contributed by atoms with E-state index in [-0.39, 0.29) is 5.56 Å². The average molecular weight is 242 g/mol. The van der Waals surface area contributed by atoms with Crippen LogP contribution in [0, 0.1) is 6.92 Å². The molecule has 0 bridgehead atoms. The Hall–Kier alpha value is -2.29. The van der Waals surface area contributed by atoms with Crippen LogP contribution in [0.1, 0.15) is 15.9 Å². The van der Waals surface area contributed by atoms with Crippen LogP contribution in [0.25, 0.3) is 11.1 Å². The highest BCUT2D eigenvalue weighted by Gasteiger charge is 2.12. The Labute approximate surface area is 106 Å². The van der Waals surface area contributed by atoms with Crippen molar-refractivity contribution < 1.29 is 14.6 Å². The molecular weight excluding hydrogens is 228 g/mol. The topological polar surface area (TPSA) is 46.5 Å². The molecule has 0 spiro atoms. The molecule has 0 amide bonds. The minimum atomic E-state index is -0.985. The number of ether oxygens (including phenoxy) is 1. The third-order valence-electron chi connectivity index (χ3n) is 2.78. The molecule has 0 unspecified atom stereocenters. The van der Waals surface area contributed by atoms with Crippen molar-refractivity contribution in [1.29, 1.82) is 0 Å². The summed E-state index contributed by atoms with van der Waals surface area (Å²) < 4.78 is 5.04. The van der Waals surface area contributed by atoms with Crippen molar-refractivity contribution in [3.8, 4) is 16.9 Å². The van der Waals surface area contributed by atoms with Gasteiger partial charge in [-0.25, -0.2) is 4.79 Å². The maximum absolute atomic E-state index is 11.2. The SMILES string of the molecule is COc1ccc(-c2cccc(C)c2)cc1C(=O)O. The normalized spacial score (nSPS) is 10.1. The van der Waals surface area contributed by atoms with E-state index in [1.165, 1.54) is 7.11 Å². The number of hydrogen-bond donors (Lipinski definition) is 1. The van der Waals surface area contributed by atoms with Crippen LogP contribution in [0.15, 0.2) is 42.5 Å². The Kier molecular flexibility index (Phi) is 3.33. The molecule has 0 radical (unpaired) electrons. The zero-order valence-corrected chi connectivity index (χ0v) is 10.3. The van der Waals surface area contributed by atoms with Gasteiger partial charge < -0.3 is 9.84 Å². The Morgan fingerprint density at radius 1 is 1.11 bits per heavy atom. The summed E-state index contributed by atoms with van der Waals surface area (Å²) in [6.07, 6.45) is 0. The standard InChI is InChI=1S/C15H14O3/c1-10-4-3-5-11(8-10)12-6-7-14(18-2)13(9-12)15(16)17/h3-9H,1-2H3,(H,16,17). The second-order valence-electron chi connectivity index (χ2n) is 4.09. The van der Waals surface area contributed by atoms with E-state index in [0.717, 1.165) is 16.7 Å². The number of benzene rings is 2. The first kappa shape index (κ1) is 12.2. The second kappa shape index (κ2) is 4.92. The maximum Gasteiger partial charge on any atom is 0.339 e. The largest absolute Gasteiger partial charge is 0.496 e. The van der Waals surface area contributed by atoms with Crippen molar-refractivity contribution >= 4 is 5.97 Å². The van der Waals surface area contributed by atoms with E-state index in [2.05, 4.69) is 0 Å². The summed E-state index contributed by atoms with van der Waals surface area (Å²) in [7, 11) is 1.47. The Morgan fingerprint density at radius 2 is 1.83 bits per heavy atom. The van der Waals surface area contributed by atoms with Gasteiger partial charge in [0, 0.05) is 0 Å². The quantitative estimate of drug-likeness (QED) is 0.897. The monoisotopic (exact) mass is 242 g/mol. The molecule has 0 atom stereocenters. The highest BCUT2D eigenvalue weighted by Crippen LogP contribution is 2.27. The van der Waals surface area contributed by atoms with Crippen molar-refractivity contribution in [3.63, 3.8) is 0 Å². The fraction of sp³-hybridized carbons (Fsp3) is 0.133. The van der Waals surface area contributed by atoms with Gasteiger partial charge >= 0.3 is 5.97 Å². The van der Waals surface area contributed by atoms with Gasteiger partial charge in [-0.3, -0.25) is 0 Å². The third-order valence-corrected chi connectivity index (χ3v) is 2.78. The van der Waals surface area contributed by atoms with Crippen molar-refractivity contribution in [1.82, 2.24) is 0 Å². The Balaban J connectivity index is 2.53. The van der Waals surface area contributed by atoms with Gasteiger partial charge in [0.2, 0.25) is 0 Å². The number of rotatable bonds is 3. The van der Waals surface area contributed by atoms with Crippen LogP contribution in [-0.2, 0) is 0 Å². The lowest BCUT2D eigenvalue weighted by atomic mass is 10.0. The molecule has 3 heteroatoms. The average Bonchev–Trinajstić information content (AvgIpc) is 2.38. The fourth-order valence-electron chi connectivity index (χ4n) is 1.88. The molecular formula is C15H14O3. The van der Waals surface area contributed by atoms with Crippen LogP contribution in [0.4, 0.5) is 0 Å². The van der Waals surface area contributed by atoms with Gasteiger partial charge in [0.1, 0.15) is 11.3 Å². The molecule has 3 nitrogen and oxygen atoms in total. The van der Waals surface area contributed by atoms with E-state index in [9.17, 15) is 4.79 Å². The summed E-state index contributed by atoms with van der Waals surface area (Å²) in [5.74, 6) is -0.611. The molecule has 0 saturated carbocycles. The van der Waals surface area contributed by atoms with Crippen molar-refractivity contribution in [3.05, 3.63) is 53.6 Å². The van der Waals surface area contributed by atoms with Crippen LogP contribution >= 0.6 is 0 Å². The molecule has 0 aliphatic rings. The maximum atomic E-state index is 11.2. The molecule has 2 aromatic rings. The molecule has 0 aliphatic carbocycles. The van der Waals surface area contributed by atoms with Crippen molar-refractivity contribution in [2.75, 3.05) is 7.11 Å². The molecule has 1 N–H and O–H groups in total. The number of carbonyl (C=O) groups is 1. The summed E-state index contributed by atoms with van der Waals surface area (Å²) >= 11 is 0. The second-order valence-corrected chi connectivity index (χ2v) is 4.09. The highest BCUT2D eigenvalue weighted by atomic mass is 16.5. The number of methoxy groups -OCH3 is 1. The molecule has 2 rings (SSSR count). The molecule has 0 fully saturated rings. The van der Waals surface area contributed by atoms with Gasteiger partial charge in [0.05, 0.1) is 7.11 Å². The van der Waals surface area contributed by atoms with Gasteiger partial charge in [-0.15, -0.1) is 0 Å². The van der Waals surface area contributed by atoms with Gasteiger partial charge in [-0.2, -0.15) is 0 Å². The van der Waals surface area contributed by atoms with E-state index in [4.69, 9.17) is 9.84 Å². The van der Waals surface area contributed by atoms with E-state index in [1.807, 2.05) is 37.3 Å². The van der Waals surface area contributed by atoms with E-state index < -0.39 is 5.97 Å². The molecule has 18 heavy (non-hydrogen) atoms. The fourth-order valence-corrected chi connectivity index (χ4v) is 1.88. The van der Waals surface area contributed by atoms with Gasteiger partial charge in [-0.05, 0) is 30.2 Å². The highest BCUT2D eigenvalue weighted by molar-refractivity contribution is 5.92. The van der Waals surface area contributed by atoms with Gasteiger partial charge in [0.25, 0.3) is 0 Å². The summed E-state index contributed by atoms with van der Waals surface area (Å²) in [6, 6.07) is 13.1. The van der Waals surface area contributed by atoms with Crippen LogP contribution in [-0.4, -0.2) is 18.2 Å². The minimum Gasteiger partial charge on any atom is -0.496 e. The third kappa shape index (κ3) is 2.35. The Morgan fingerprint density at radius 3 is 2.44 bits per heavy atom. The van der Waals surface area contributed by atoms with Crippen LogP contribution < -0.4 is 4.74 Å². The predicted octanol–water partition coefficient (Wildman–Crippen LogP) is 3.37. The Bertz CT molecular complexity index is 588. The van der Waals surface area contributed by atoms with Gasteiger partial charge in [0.15, 0.2) is 0 Å². The number of aromatic carboxylic acids is 1. The molecule has 0 aromatic heterocycles. The van der Waals surface area contributed by atoms with Crippen LogP contribution in [0.2, 0.25) is 0 Å². The van der Waals surface area contributed by atoms with Crippen LogP contribution in [0.5, 0.6) is 5.75 Å². The molecule has 0 heterocycles. The molecule has 0 saturated heterocycles. The van der Waals surface area contributed by atoms with E-state index in [0.29, 0.717) is 5.75 Å². The summed E-state index contributed by atoms with van der Waals surface area (Å²) in [6.45, 7) is 2.01. The number of carboxylic acids is 1. The van der Waals surface area contributed by atoms with E-state index in [1.54, 1.807) is 12.1 Å². The summed E-state index contributed by atoms with van der Waals surface area (Å²) in [5, 5.41) is 9.14. The number of aryl methyl sites for hydroxylation is 1. The first-order chi connectivity index (χ1) is 8.61. The number of hydrogen-bond acceptors (Lipinski definition) is 2. The predicted molar refractivity (Wildman–Crippen MR) is 70.1 cm³/mol. The lowest BCUT2D eigenvalue weighted by Crippen LogP contribution is -2.00. The summed E-state index contributed by atoms with van der Waals surface area (Å²) in [4.78, 5) is 11.2. The van der Waals surface area contributed by atoms with Crippen molar-refractivity contribution in [2.24, 2.45) is 0 Å². The van der Waals surface area contributed by atoms with Gasteiger partial charge in [-0.1, -0.05) is 35.9 Å². The lowest BCUT2D eigenvalue weighted by molar-refractivity contribution is 0.0693. The molecule has 0 aliphatic heterocycles. The number of carboxylic acid groups (broad SMARTS) is 1. The van der Waals surface area contributed by atoms with Crippen molar-refractivity contribution in [2.45, 2.75) is 6.92 Å². The smallest absolute Gasteiger partial charge is 0.339 e. The first-order valence-corrected chi connectivity index (χ1v) is 5.60. The zero-order chi connectivity index (χ0) is 13.1. The lowest BCUT2D eigenvalue weighted by Gasteiger charge is -2.08. The summed E-state index contributed by atoms with van der Waals surface area (Å²) in [5.41, 5.74) is 3.19. The van der Waals surface area contributed by atoms with E-state index >= 15 is 0 Å². The molecule has 92 valence electrons. The molecule has 2 aromatic carbocycles.